The minimum atomic E-state index is -0.418. The summed E-state index contributed by atoms with van der Waals surface area (Å²) in [5.41, 5.74) is 0. The van der Waals surface area contributed by atoms with Crippen LogP contribution in [0.3, 0.4) is 0 Å². The summed E-state index contributed by atoms with van der Waals surface area (Å²) in [6, 6.07) is 0. The van der Waals surface area contributed by atoms with Gasteiger partial charge in [0.25, 0.3) is 0 Å². The molecule has 0 saturated heterocycles. The predicted octanol–water partition coefficient (Wildman–Crippen LogP) is 0.939. The number of carbonyl (C=O) groups is 4. The van der Waals surface area contributed by atoms with Gasteiger partial charge in [0.05, 0.1) is 0 Å². The molecule has 0 aliphatic heterocycles. The Hall–Kier alpha value is -1.52. The number of hydrogen-bond donors (Lipinski definition) is 0. The van der Waals surface area contributed by atoms with Crippen molar-refractivity contribution in [1.29, 1.82) is 0 Å². The summed E-state index contributed by atoms with van der Waals surface area (Å²) >= 11 is 0. The lowest BCUT2D eigenvalue weighted by Crippen LogP contribution is -2.20. The number of ether oxygens (including phenoxy) is 1. The molecule has 0 amide bonds. The molecule has 0 heterocycles. The number of ketones is 1. The monoisotopic (exact) mass is 242 g/mol. The Bertz CT molecular complexity index is 285. The molecular formula is C12H18O5. The SMILES string of the molecule is CC(CCCC(=O)OCC=O)C(C)C(=O)C=O. The predicted molar refractivity (Wildman–Crippen MR) is 60.3 cm³/mol. The summed E-state index contributed by atoms with van der Waals surface area (Å²) in [5.74, 6) is -1.11. The van der Waals surface area contributed by atoms with Crippen molar-refractivity contribution in [3.05, 3.63) is 0 Å². The Morgan fingerprint density at radius 1 is 1.24 bits per heavy atom. The van der Waals surface area contributed by atoms with Crippen LogP contribution < -0.4 is 0 Å². The van der Waals surface area contributed by atoms with Crippen LogP contribution in [0.15, 0.2) is 0 Å². The van der Waals surface area contributed by atoms with Gasteiger partial charge in [-0.05, 0) is 18.8 Å². The van der Waals surface area contributed by atoms with E-state index in [1.807, 2.05) is 6.92 Å². The molecule has 0 N–H and O–H groups in total. The maximum Gasteiger partial charge on any atom is 0.306 e. The second-order valence-electron chi connectivity index (χ2n) is 4.03. The lowest BCUT2D eigenvalue weighted by molar-refractivity contribution is -0.145. The second kappa shape index (κ2) is 8.61. The molecule has 17 heavy (non-hydrogen) atoms. The lowest BCUT2D eigenvalue weighted by atomic mass is 9.88. The second-order valence-corrected chi connectivity index (χ2v) is 4.03. The molecule has 5 heteroatoms. The van der Waals surface area contributed by atoms with E-state index in [1.165, 1.54) is 0 Å². The van der Waals surface area contributed by atoms with Crippen LogP contribution in [0.25, 0.3) is 0 Å². The van der Waals surface area contributed by atoms with Gasteiger partial charge < -0.3 is 4.74 Å². The van der Waals surface area contributed by atoms with E-state index in [2.05, 4.69) is 4.74 Å². The molecule has 0 aromatic rings. The molecule has 0 spiro atoms. The molecule has 5 nitrogen and oxygen atoms in total. The summed E-state index contributed by atoms with van der Waals surface area (Å²) in [4.78, 5) is 42.4. The fourth-order valence-corrected chi connectivity index (χ4v) is 1.41. The zero-order valence-electron chi connectivity index (χ0n) is 10.2. The molecule has 2 atom stereocenters. The Morgan fingerprint density at radius 3 is 2.41 bits per heavy atom. The van der Waals surface area contributed by atoms with Crippen molar-refractivity contribution in [3.8, 4) is 0 Å². The Morgan fingerprint density at radius 2 is 1.88 bits per heavy atom. The highest BCUT2D eigenvalue weighted by Gasteiger charge is 2.19. The summed E-state index contributed by atoms with van der Waals surface area (Å²) in [7, 11) is 0. The van der Waals surface area contributed by atoms with Crippen molar-refractivity contribution in [2.75, 3.05) is 6.61 Å². The maximum atomic E-state index is 11.1. The van der Waals surface area contributed by atoms with Gasteiger partial charge in [-0.1, -0.05) is 13.8 Å². The van der Waals surface area contributed by atoms with E-state index in [0.717, 1.165) is 0 Å². The Balaban J connectivity index is 3.80. The molecule has 96 valence electrons. The number of hydrogen-bond acceptors (Lipinski definition) is 5. The van der Waals surface area contributed by atoms with Crippen molar-refractivity contribution in [2.45, 2.75) is 33.1 Å². The van der Waals surface area contributed by atoms with Crippen LogP contribution in [-0.4, -0.2) is 30.9 Å². The van der Waals surface area contributed by atoms with Crippen molar-refractivity contribution in [1.82, 2.24) is 0 Å². The molecule has 2 unspecified atom stereocenters. The van der Waals surface area contributed by atoms with Gasteiger partial charge >= 0.3 is 5.97 Å². The van der Waals surface area contributed by atoms with Gasteiger partial charge in [0, 0.05) is 12.3 Å². The van der Waals surface area contributed by atoms with E-state index in [1.54, 1.807) is 6.92 Å². The highest BCUT2D eigenvalue weighted by atomic mass is 16.5. The fourth-order valence-electron chi connectivity index (χ4n) is 1.41. The van der Waals surface area contributed by atoms with E-state index >= 15 is 0 Å². The highest BCUT2D eigenvalue weighted by molar-refractivity contribution is 6.25. The molecule has 0 aromatic heterocycles. The molecule has 0 radical (unpaired) electrons. The summed E-state index contributed by atoms with van der Waals surface area (Å²) in [6.07, 6.45) is 2.32. The number of rotatable bonds is 9. The van der Waals surface area contributed by atoms with Crippen molar-refractivity contribution >= 4 is 24.3 Å². The molecule has 0 rings (SSSR count). The van der Waals surface area contributed by atoms with Gasteiger partial charge in [0.2, 0.25) is 0 Å². The highest BCUT2D eigenvalue weighted by Crippen LogP contribution is 2.18. The normalized spacial score (nSPS) is 13.5. The largest absolute Gasteiger partial charge is 0.458 e. The number of esters is 1. The van der Waals surface area contributed by atoms with Gasteiger partial charge in [0.1, 0.15) is 6.61 Å². The minimum Gasteiger partial charge on any atom is -0.458 e. The first-order chi connectivity index (χ1) is 8.02. The topological polar surface area (TPSA) is 77.5 Å². The van der Waals surface area contributed by atoms with E-state index < -0.39 is 11.8 Å². The van der Waals surface area contributed by atoms with Crippen LogP contribution in [0, 0.1) is 11.8 Å². The molecule has 0 bridgehead atoms. The first-order valence-electron chi connectivity index (χ1n) is 5.61. The van der Waals surface area contributed by atoms with Gasteiger partial charge in [-0.25, -0.2) is 0 Å². The van der Waals surface area contributed by atoms with Gasteiger partial charge in [-0.3, -0.25) is 19.2 Å². The Kier molecular flexibility index (Phi) is 7.84. The third-order valence-corrected chi connectivity index (χ3v) is 2.77. The third kappa shape index (κ3) is 6.60. The molecule has 0 aliphatic rings. The number of carbonyl (C=O) groups excluding carboxylic acids is 4. The minimum absolute atomic E-state index is 0.0478. The van der Waals surface area contributed by atoms with Gasteiger partial charge in [0.15, 0.2) is 18.4 Å². The molecular weight excluding hydrogens is 224 g/mol. The smallest absolute Gasteiger partial charge is 0.306 e. The zero-order valence-corrected chi connectivity index (χ0v) is 10.2. The van der Waals surface area contributed by atoms with Crippen LogP contribution in [0.2, 0.25) is 0 Å². The molecule has 0 aliphatic carbocycles. The quantitative estimate of drug-likeness (QED) is 0.341. The van der Waals surface area contributed by atoms with Crippen LogP contribution in [0.4, 0.5) is 0 Å². The lowest BCUT2D eigenvalue weighted by Gasteiger charge is -2.15. The van der Waals surface area contributed by atoms with Crippen LogP contribution in [0.1, 0.15) is 33.1 Å². The molecule has 0 aromatic carbocycles. The van der Waals surface area contributed by atoms with Crippen LogP contribution >= 0.6 is 0 Å². The number of Topliss-reactive ketones (excluding diaryl/α,β-unsaturated/α-hetero) is 1. The first kappa shape index (κ1) is 15.5. The maximum absolute atomic E-state index is 11.1. The van der Waals surface area contributed by atoms with Gasteiger partial charge in [-0.15, -0.1) is 0 Å². The van der Waals surface area contributed by atoms with E-state index in [4.69, 9.17) is 0 Å². The average Bonchev–Trinajstić information content (AvgIpc) is 2.34. The van der Waals surface area contributed by atoms with Crippen molar-refractivity contribution in [2.24, 2.45) is 11.8 Å². The average molecular weight is 242 g/mol. The molecule has 0 fully saturated rings. The number of aldehydes is 2. The van der Waals surface area contributed by atoms with E-state index in [-0.39, 0.29) is 24.9 Å². The van der Waals surface area contributed by atoms with Gasteiger partial charge in [-0.2, -0.15) is 0 Å². The summed E-state index contributed by atoms with van der Waals surface area (Å²) < 4.78 is 4.57. The molecule has 0 saturated carbocycles. The first-order valence-corrected chi connectivity index (χ1v) is 5.61. The standard InChI is InChI=1S/C12H18O5/c1-9(10(2)11(15)8-14)4-3-5-12(16)17-7-6-13/h6,8-10H,3-5,7H2,1-2H3. The summed E-state index contributed by atoms with van der Waals surface area (Å²) in [5, 5.41) is 0. The Labute approximate surface area is 101 Å². The zero-order chi connectivity index (χ0) is 13.3. The van der Waals surface area contributed by atoms with E-state index in [9.17, 15) is 19.2 Å². The van der Waals surface area contributed by atoms with Crippen LogP contribution in [0.5, 0.6) is 0 Å². The fraction of sp³-hybridized carbons (Fsp3) is 0.667. The van der Waals surface area contributed by atoms with Crippen molar-refractivity contribution < 1.29 is 23.9 Å². The third-order valence-electron chi connectivity index (χ3n) is 2.77. The van der Waals surface area contributed by atoms with Crippen LogP contribution in [-0.2, 0) is 23.9 Å². The summed E-state index contributed by atoms with van der Waals surface area (Å²) in [6.45, 7) is 3.35. The van der Waals surface area contributed by atoms with E-state index in [0.29, 0.717) is 25.4 Å². The van der Waals surface area contributed by atoms with Crippen molar-refractivity contribution in [3.63, 3.8) is 0 Å².